The average molecular weight is 514 g/mol. The van der Waals surface area contributed by atoms with Crippen molar-refractivity contribution in [3.63, 3.8) is 0 Å². The average Bonchev–Trinajstić information content (AvgIpc) is 2.83. The number of unbranched alkanes of at least 4 members (excludes halogenated alkanes) is 5. The Kier molecular flexibility index (Phi) is 14.1. The van der Waals surface area contributed by atoms with E-state index in [1.165, 1.54) is 0 Å². The van der Waals surface area contributed by atoms with Crippen LogP contribution in [0.5, 0.6) is 5.75 Å². The molecule has 0 aromatic heterocycles. The fraction of sp³-hybridized carbons (Fsp3) is 0.708. The molecule has 202 valence electrons. The second-order valence-corrected chi connectivity index (χ2v) is 7.83. The van der Waals surface area contributed by atoms with Crippen molar-refractivity contribution < 1.29 is 45.7 Å². The summed E-state index contributed by atoms with van der Waals surface area (Å²) in [5.74, 6) is -15.0. The molecule has 0 aliphatic carbocycles. The lowest BCUT2D eigenvalue weighted by Gasteiger charge is -2.39. The summed E-state index contributed by atoms with van der Waals surface area (Å²) in [6.07, 6.45) is 5.16. The zero-order valence-corrected chi connectivity index (χ0v) is 20.8. The predicted octanol–water partition coefficient (Wildman–Crippen LogP) is 6.60. The first-order chi connectivity index (χ1) is 16.7. The molecule has 0 spiro atoms. The number of benzene rings is 1. The number of hydrogen-bond acceptors (Lipinski definition) is 5. The van der Waals surface area contributed by atoms with Gasteiger partial charge in [-0.15, -0.1) is 0 Å². The zero-order chi connectivity index (χ0) is 26.4. The van der Waals surface area contributed by atoms with Crippen molar-refractivity contribution in [3.05, 3.63) is 29.1 Å². The van der Waals surface area contributed by atoms with Crippen LogP contribution in [0.2, 0.25) is 0 Å². The molecular weight excluding hydrogens is 477 g/mol. The third-order valence-electron chi connectivity index (χ3n) is 5.30. The van der Waals surface area contributed by atoms with Crippen molar-refractivity contribution in [2.75, 3.05) is 26.4 Å². The van der Waals surface area contributed by atoms with Crippen molar-refractivity contribution in [1.29, 1.82) is 0 Å². The minimum atomic E-state index is -2.35. The molecule has 1 unspecified atom stereocenters. The summed E-state index contributed by atoms with van der Waals surface area (Å²) in [5.41, 5.74) is 0. The number of carbonyl (C=O) groups is 1. The quantitative estimate of drug-likeness (QED) is 0.0836. The number of nitrogens with one attached hydrogen (secondary N) is 1. The predicted molar refractivity (Wildman–Crippen MR) is 119 cm³/mol. The largest absolute Gasteiger partial charge is 0.412 e. The lowest BCUT2D eigenvalue weighted by molar-refractivity contribution is -0.401. The van der Waals surface area contributed by atoms with Crippen molar-refractivity contribution in [1.82, 2.24) is 5.32 Å². The van der Waals surface area contributed by atoms with E-state index in [2.05, 4.69) is 17.0 Å². The van der Waals surface area contributed by atoms with Gasteiger partial charge in [0.1, 0.15) is 0 Å². The molecule has 0 heterocycles. The molecule has 1 atom stereocenters. The van der Waals surface area contributed by atoms with Gasteiger partial charge in [0, 0.05) is 26.4 Å². The van der Waals surface area contributed by atoms with E-state index in [4.69, 9.17) is 14.2 Å². The molecule has 0 aliphatic rings. The fourth-order valence-corrected chi connectivity index (χ4v) is 3.67. The van der Waals surface area contributed by atoms with Crippen LogP contribution in [-0.2, 0) is 14.2 Å². The smallest absolute Gasteiger partial charge is 0.404 e. The fourth-order valence-electron chi connectivity index (χ4n) is 3.67. The van der Waals surface area contributed by atoms with Crippen molar-refractivity contribution in [2.24, 2.45) is 5.92 Å². The highest BCUT2D eigenvalue weighted by Crippen LogP contribution is 2.31. The zero-order valence-electron chi connectivity index (χ0n) is 20.8. The molecule has 11 heteroatoms. The standard InChI is InChI=1S/C24H36F5NO5/c1-5-9-10-11-12-13-14-16(24(32-6-2,33-7-3)34-8-4)15-30-23(31)35-22-20(28)18(26)17(25)19(27)21(22)29/h16H,5-15H2,1-4H3,(H,30,31). The minimum Gasteiger partial charge on any atom is -0.404 e. The molecule has 35 heavy (non-hydrogen) atoms. The lowest BCUT2D eigenvalue weighted by Crippen LogP contribution is -2.51. The van der Waals surface area contributed by atoms with Crippen LogP contribution in [0.4, 0.5) is 26.7 Å². The normalized spacial score (nSPS) is 12.6. The molecule has 1 aromatic rings. The van der Waals surface area contributed by atoms with E-state index < -0.39 is 52.8 Å². The monoisotopic (exact) mass is 513 g/mol. The molecule has 1 amide bonds. The number of hydrogen-bond donors (Lipinski definition) is 1. The summed E-state index contributed by atoms with van der Waals surface area (Å²) in [5, 5.41) is 2.31. The maximum Gasteiger partial charge on any atom is 0.412 e. The Hall–Kier alpha value is -1.98. The highest BCUT2D eigenvalue weighted by Gasteiger charge is 2.42. The Balaban J connectivity index is 3.00. The van der Waals surface area contributed by atoms with Gasteiger partial charge in [-0.3, -0.25) is 0 Å². The Morgan fingerprint density at radius 3 is 1.69 bits per heavy atom. The molecule has 6 nitrogen and oxygen atoms in total. The van der Waals surface area contributed by atoms with Crippen LogP contribution in [0.15, 0.2) is 0 Å². The third-order valence-corrected chi connectivity index (χ3v) is 5.30. The minimum absolute atomic E-state index is 0.164. The molecule has 0 saturated heterocycles. The number of halogens is 5. The van der Waals surface area contributed by atoms with Gasteiger partial charge in [-0.05, 0) is 27.2 Å². The SMILES string of the molecule is CCCCCCCCC(CNC(=O)Oc1c(F)c(F)c(F)c(F)c1F)C(OCC)(OCC)OCC. The highest BCUT2D eigenvalue weighted by molar-refractivity contribution is 5.70. The second kappa shape index (κ2) is 15.9. The first-order valence-corrected chi connectivity index (χ1v) is 12.1. The molecule has 1 N–H and O–H groups in total. The van der Waals surface area contributed by atoms with Gasteiger partial charge < -0.3 is 24.3 Å². The molecule has 0 saturated carbocycles. The summed E-state index contributed by atoms with van der Waals surface area (Å²) in [6, 6.07) is 0. The van der Waals surface area contributed by atoms with Crippen LogP contribution >= 0.6 is 0 Å². The van der Waals surface area contributed by atoms with Gasteiger partial charge in [0.15, 0.2) is 0 Å². The summed E-state index contributed by atoms with van der Waals surface area (Å²) in [4.78, 5) is 12.2. The van der Waals surface area contributed by atoms with Crippen LogP contribution in [0.25, 0.3) is 0 Å². The number of amides is 1. The van der Waals surface area contributed by atoms with Gasteiger partial charge in [0.25, 0.3) is 5.97 Å². The highest BCUT2D eigenvalue weighted by atomic mass is 19.2. The Morgan fingerprint density at radius 1 is 0.743 bits per heavy atom. The number of ether oxygens (including phenoxy) is 4. The first kappa shape index (κ1) is 31.1. The summed E-state index contributed by atoms with van der Waals surface area (Å²) in [7, 11) is 0. The van der Waals surface area contributed by atoms with Crippen LogP contribution < -0.4 is 10.1 Å². The molecular formula is C24H36F5NO5. The molecule has 0 fully saturated rings. The Bertz CT molecular complexity index is 750. The van der Waals surface area contributed by atoms with Gasteiger partial charge in [0.05, 0.1) is 5.92 Å². The summed E-state index contributed by atoms with van der Waals surface area (Å²) >= 11 is 0. The van der Waals surface area contributed by atoms with Crippen LogP contribution in [-0.4, -0.2) is 38.4 Å². The molecule has 1 rings (SSSR count). The first-order valence-electron chi connectivity index (χ1n) is 12.1. The summed E-state index contributed by atoms with van der Waals surface area (Å²) in [6.45, 7) is 7.92. The van der Waals surface area contributed by atoms with Gasteiger partial charge in [-0.25, -0.2) is 18.0 Å². The van der Waals surface area contributed by atoms with E-state index >= 15 is 0 Å². The van der Waals surface area contributed by atoms with E-state index in [1.54, 1.807) is 20.8 Å². The van der Waals surface area contributed by atoms with E-state index in [0.29, 0.717) is 6.42 Å². The Morgan fingerprint density at radius 2 is 1.20 bits per heavy atom. The third kappa shape index (κ3) is 8.88. The van der Waals surface area contributed by atoms with E-state index in [1.807, 2.05) is 0 Å². The summed E-state index contributed by atoms with van der Waals surface area (Å²) < 4.78 is 89.6. The van der Waals surface area contributed by atoms with Crippen LogP contribution in [0.3, 0.4) is 0 Å². The van der Waals surface area contributed by atoms with E-state index in [9.17, 15) is 26.7 Å². The maximum absolute atomic E-state index is 13.9. The van der Waals surface area contributed by atoms with Gasteiger partial charge in [-0.1, -0.05) is 45.4 Å². The van der Waals surface area contributed by atoms with E-state index in [-0.39, 0.29) is 26.4 Å². The second-order valence-electron chi connectivity index (χ2n) is 7.83. The Labute approximate surface area is 203 Å². The van der Waals surface area contributed by atoms with Gasteiger partial charge in [-0.2, -0.15) is 8.78 Å². The van der Waals surface area contributed by atoms with Crippen molar-refractivity contribution >= 4 is 6.09 Å². The number of carbonyl (C=O) groups excluding carboxylic acids is 1. The lowest BCUT2D eigenvalue weighted by atomic mass is 9.97. The number of rotatable bonds is 17. The molecule has 0 bridgehead atoms. The van der Waals surface area contributed by atoms with Crippen molar-refractivity contribution in [3.8, 4) is 5.75 Å². The molecule has 0 radical (unpaired) electrons. The van der Waals surface area contributed by atoms with Gasteiger partial charge >= 0.3 is 6.09 Å². The maximum atomic E-state index is 13.9. The molecule has 1 aromatic carbocycles. The topological polar surface area (TPSA) is 66.0 Å². The molecule has 0 aliphatic heterocycles. The van der Waals surface area contributed by atoms with E-state index in [0.717, 1.165) is 38.5 Å². The van der Waals surface area contributed by atoms with Crippen molar-refractivity contribution in [2.45, 2.75) is 78.6 Å². The van der Waals surface area contributed by atoms with Gasteiger partial charge in [0.2, 0.25) is 34.8 Å². The van der Waals surface area contributed by atoms with Crippen LogP contribution in [0.1, 0.15) is 72.6 Å². The van der Waals surface area contributed by atoms with Crippen LogP contribution in [0, 0.1) is 35.0 Å².